The van der Waals surface area contributed by atoms with Gasteiger partial charge in [0.1, 0.15) is 16.7 Å². The maximum absolute atomic E-state index is 6.85. The molecule has 2 aromatic heterocycles. The molecule has 0 N–H and O–H groups in total. The molecule has 12 aromatic rings. The maximum atomic E-state index is 6.85. The molecule has 0 bridgehead atoms. The van der Waals surface area contributed by atoms with Gasteiger partial charge < -0.3 is 13.7 Å². The third-order valence-corrected chi connectivity index (χ3v) is 11.9. The van der Waals surface area contributed by atoms with Gasteiger partial charge in [-0.1, -0.05) is 158 Å². The normalized spacial score (nSPS) is 11.7. The standard InChI is InChI=1S/C56H35NO2/c1-2-10-36(11-3-1)43-27-32-48-49-18-9-19-52(56(49)58-53(48)35-43)57(44-28-22-38(23-29-44)42-21-20-37-12-4-5-14-41(37)34-42)45-30-24-40(25-31-45)47-16-8-17-50-51-33-26-39-13-6-7-15-46(39)55(51)59-54(47)50/h1-35H. The monoisotopic (exact) mass is 753 g/mol. The maximum Gasteiger partial charge on any atom is 0.159 e. The SMILES string of the molecule is c1ccc(-c2ccc3c(c2)oc2c(N(c4ccc(-c5ccc6ccccc6c5)cc4)c4ccc(-c5cccc6c5oc5c7ccccc7ccc65)cc4)cccc23)cc1. The average molecular weight is 754 g/mol. The largest absolute Gasteiger partial charge is 0.455 e. The summed E-state index contributed by atoms with van der Waals surface area (Å²) in [7, 11) is 0. The number of anilines is 3. The average Bonchev–Trinajstić information content (AvgIpc) is 3.89. The molecule has 276 valence electrons. The van der Waals surface area contributed by atoms with E-state index in [0.717, 1.165) is 94.1 Å². The van der Waals surface area contributed by atoms with E-state index in [0.29, 0.717) is 0 Å². The second-order valence-corrected chi connectivity index (χ2v) is 15.3. The van der Waals surface area contributed by atoms with Crippen molar-refractivity contribution in [1.29, 1.82) is 0 Å². The molecule has 0 unspecified atom stereocenters. The van der Waals surface area contributed by atoms with Crippen LogP contribution in [0.5, 0.6) is 0 Å². The Morgan fingerprint density at radius 1 is 0.288 bits per heavy atom. The lowest BCUT2D eigenvalue weighted by Gasteiger charge is -2.26. The van der Waals surface area contributed by atoms with Crippen LogP contribution in [-0.2, 0) is 0 Å². The zero-order valence-electron chi connectivity index (χ0n) is 32.0. The van der Waals surface area contributed by atoms with Gasteiger partial charge in [-0.25, -0.2) is 0 Å². The summed E-state index contributed by atoms with van der Waals surface area (Å²) in [5.74, 6) is 0. The quantitative estimate of drug-likeness (QED) is 0.169. The third kappa shape index (κ3) is 5.51. The predicted molar refractivity (Wildman–Crippen MR) is 247 cm³/mol. The number of benzene rings is 10. The topological polar surface area (TPSA) is 29.5 Å². The molecule has 3 nitrogen and oxygen atoms in total. The Hall–Kier alpha value is -7.88. The summed E-state index contributed by atoms with van der Waals surface area (Å²) < 4.78 is 13.6. The van der Waals surface area contributed by atoms with E-state index < -0.39 is 0 Å². The minimum absolute atomic E-state index is 0.842. The van der Waals surface area contributed by atoms with Gasteiger partial charge in [-0.05, 0) is 98.6 Å². The third-order valence-electron chi connectivity index (χ3n) is 11.9. The van der Waals surface area contributed by atoms with Crippen LogP contribution in [0.3, 0.4) is 0 Å². The molecular weight excluding hydrogens is 719 g/mol. The first kappa shape index (κ1) is 33.3. The van der Waals surface area contributed by atoms with E-state index >= 15 is 0 Å². The summed E-state index contributed by atoms with van der Waals surface area (Å²) in [6.45, 7) is 0. The first-order valence-electron chi connectivity index (χ1n) is 20.1. The zero-order valence-corrected chi connectivity index (χ0v) is 32.0. The lowest BCUT2D eigenvalue weighted by molar-refractivity contribution is 0.669. The Labute approximate surface area is 340 Å². The number of hydrogen-bond acceptors (Lipinski definition) is 3. The number of hydrogen-bond donors (Lipinski definition) is 0. The van der Waals surface area contributed by atoms with Crippen molar-refractivity contribution in [2.24, 2.45) is 0 Å². The smallest absolute Gasteiger partial charge is 0.159 e. The van der Waals surface area contributed by atoms with Crippen molar-refractivity contribution in [2.45, 2.75) is 0 Å². The highest BCUT2D eigenvalue weighted by Gasteiger charge is 2.21. The van der Waals surface area contributed by atoms with E-state index in [1.165, 1.54) is 21.7 Å². The molecule has 3 heteroatoms. The highest BCUT2D eigenvalue weighted by atomic mass is 16.3. The molecule has 10 aromatic carbocycles. The summed E-state index contributed by atoms with van der Waals surface area (Å²) >= 11 is 0. The van der Waals surface area contributed by atoms with Gasteiger partial charge in [0.2, 0.25) is 0 Å². The Bertz CT molecular complexity index is 3540. The Morgan fingerprint density at radius 2 is 0.847 bits per heavy atom. The number of para-hydroxylation sites is 2. The van der Waals surface area contributed by atoms with Gasteiger partial charge in [-0.2, -0.15) is 0 Å². The Morgan fingerprint density at radius 3 is 1.66 bits per heavy atom. The molecular formula is C56H35NO2. The van der Waals surface area contributed by atoms with Gasteiger partial charge in [0.25, 0.3) is 0 Å². The molecule has 0 amide bonds. The van der Waals surface area contributed by atoms with Crippen molar-refractivity contribution in [1.82, 2.24) is 0 Å². The van der Waals surface area contributed by atoms with Gasteiger partial charge in [0.05, 0.1) is 5.69 Å². The lowest BCUT2D eigenvalue weighted by atomic mass is 10.00. The van der Waals surface area contributed by atoms with Gasteiger partial charge in [0.15, 0.2) is 5.58 Å². The first-order chi connectivity index (χ1) is 29.2. The molecule has 0 aliphatic rings. The zero-order chi connectivity index (χ0) is 38.9. The molecule has 0 aliphatic carbocycles. The van der Waals surface area contributed by atoms with Crippen LogP contribution in [0.15, 0.2) is 221 Å². The predicted octanol–water partition coefficient (Wildman–Crippen LogP) is 16.3. The lowest BCUT2D eigenvalue weighted by Crippen LogP contribution is -2.10. The summed E-state index contributed by atoms with van der Waals surface area (Å²) in [5, 5.41) is 9.19. The van der Waals surface area contributed by atoms with Crippen LogP contribution >= 0.6 is 0 Å². The minimum atomic E-state index is 0.842. The van der Waals surface area contributed by atoms with E-state index in [-0.39, 0.29) is 0 Å². The summed E-state index contributed by atoms with van der Waals surface area (Å²) in [4.78, 5) is 2.31. The molecule has 0 saturated heterocycles. The number of rotatable bonds is 6. The van der Waals surface area contributed by atoms with E-state index in [2.05, 4.69) is 211 Å². The van der Waals surface area contributed by atoms with Crippen LogP contribution in [0.1, 0.15) is 0 Å². The number of nitrogens with zero attached hydrogens (tertiary/aromatic N) is 1. The second-order valence-electron chi connectivity index (χ2n) is 15.3. The molecule has 0 saturated carbocycles. The van der Waals surface area contributed by atoms with Crippen molar-refractivity contribution in [3.05, 3.63) is 212 Å². The molecule has 0 fully saturated rings. The first-order valence-corrected chi connectivity index (χ1v) is 20.1. The van der Waals surface area contributed by atoms with E-state index in [4.69, 9.17) is 8.83 Å². The molecule has 0 atom stereocenters. The molecule has 0 aliphatic heterocycles. The fourth-order valence-corrected chi connectivity index (χ4v) is 8.91. The molecule has 12 rings (SSSR count). The van der Waals surface area contributed by atoms with Crippen LogP contribution < -0.4 is 4.90 Å². The van der Waals surface area contributed by atoms with E-state index in [1.807, 2.05) is 6.07 Å². The van der Waals surface area contributed by atoms with Gasteiger partial charge in [-0.15, -0.1) is 0 Å². The van der Waals surface area contributed by atoms with Gasteiger partial charge in [-0.3, -0.25) is 0 Å². The molecule has 0 radical (unpaired) electrons. The minimum Gasteiger partial charge on any atom is -0.455 e. The molecule has 0 spiro atoms. The van der Waals surface area contributed by atoms with Crippen LogP contribution in [0.25, 0.3) is 98.8 Å². The highest BCUT2D eigenvalue weighted by Crippen LogP contribution is 2.45. The van der Waals surface area contributed by atoms with Crippen molar-refractivity contribution in [3.63, 3.8) is 0 Å². The summed E-state index contributed by atoms with van der Waals surface area (Å²) in [6, 6.07) is 75.6. The van der Waals surface area contributed by atoms with Crippen molar-refractivity contribution < 1.29 is 8.83 Å². The number of fused-ring (bicyclic) bond motifs is 9. The van der Waals surface area contributed by atoms with Crippen LogP contribution in [0, 0.1) is 0 Å². The van der Waals surface area contributed by atoms with Gasteiger partial charge in [0, 0.05) is 43.9 Å². The Balaban J connectivity index is 0.995. The summed E-state index contributed by atoms with van der Waals surface area (Å²) in [6.07, 6.45) is 0. The number of furan rings is 2. The van der Waals surface area contributed by atoms with Crippen molar-refractivity contribution in [3.8, 4) is 33.4 Å². The molecule has 59 heavy (non-hydrogen) atoms. The fraction of sp³-hybridized carbons (Fsp3) is 0. The van der Waals surface area contributed by atoms with Crippen LogP contribution in [-0.4, -0.2) is 0 Å². The van der Waals surface area contributed by atoms with E-state index in [9.17, 15) is 0 Å². The van der Waals surface area contributed by atoms with Gasteiger partial charge >= 0.3 is 0 Å². The Kier molecular flexibility index (Phi) is 7.54. The molecule has 2 heterocycles. The fourth-order valence-electron chi connectivity index (χ4n) is 8.91. The highest BCUT2D eigenvalue weighted by molar-refractivity contribution is 6.17. The van der Waals surface area contributed by atoms with E-state index in [1.54, 1.807) is 0 Å². The van der Waals surface area contributed by atoms with Crippen LogP contribution in [0.2, 0.25) is 0 Å². The van der Waals surface area contributed by atoms with Crippen molar-refractivity contribution in [2.75, 3.05) is 4.90 Å². The second kappa shape index (κ2) is 13.4. The van der Waals surface area contributed by atoms with Crippen LogP contribution in [0.4, 0.5) is 17.1 Å². The summed E-state index contributed by atoms with van der Waals surface area (Å²) in [5.41, 5.74) is 13.3. The van der Waals surface area contributed by atoms with Crippen molar-refractivity contribution >= 4 is 82.5 Å².